The zero-order valence-electron chi connectivity index (χ0n) is 14.8. The number of para-hydroxylation sites is 1. The van der Waals surface area contributed by atoms with Crippen LogP contribution >= 0.6 is 0 Å². The van der Waals surface area contributed by atoms with Gasteiger partial charge in [-0.3, -0.25) is 4.68 Å². The Balaban J connectivity index is 1.39. The van der Waals surface area contributed by atoms with Gasteiger partial charge in [-0.25, -0.2) is 4.98 Å². The molecule has 26 heavy (non-hydrogen) atoms. The van der Waals surface area contributed by atoms with Gasteiger partial charge in [0.1, 0.15) is 11.9 Å². The summed E-state index contributed by atoms with van der Waals surface area (Å²) in [4.78, 5) is 4.48. The molecule has 0 amide bonds. The van der Waals surface area contributed by atoms with Crippen LogP contribution in [-0.4, -0.2) is 44.7 Å². The number of aromatic nitrogens is 4. The van der Waals surface area contributed by atoms with Crippen LogP contribution in [0.2, 0.25) is 0 Å². The molecule has 7 heteroatoms. The molecule has 3 heterocycles. The zero-order chi connectivity index (χ0) is 17.8. The number of imidazole rings is 1. The van der Waals surface area contributed by atoms with Crippen LogP contribution in [0.4, 0.5) is 0 Å². The van der Waals surface area contributed by atoms with E-state index >= 15 is 0 Å². The van der Waals surface area contributed by atoms with E-state index in [0.29, 0.717) is 19.8 Å². The highest BCUT2D eigenvalue weighted by Crippen LogP contribution is 2.17. The van der Waals surface area contributed by atoms with Crippen molar-refractivity contribution < 1.29 is 9.47 Å². The van der Waals surface area contributed by atoms with Crippen LogP contribution in [0.3, 0.4) is 0 Å². The average molecular weight is 353 g/mol. The van der Waals surface area contributed by atoms with Gasteiger partial charge in [0.15, 0.2) is 5.75 Å². The minimum absolute atomic E-state index is 0.0374. The Labute approximate surface area is 152 Å². The van der Waals surface area contributed by atoms with Gasteiger partial charge in [-0.2, -0.15) is 5.10 Å². The first-order valence-electron chi connectivity index (χ1n) is 8.91. The molecule has 0 aliphatic carbocycles. The molecule has 1 aromatic carbocycles. The molecule has 1 saturated heterocycles. The molecule has 0 spiro atoms. The summed E-state index contributed by atoms with van der Waals surface area (Å²) in [5, 5.41) is 7.78. The highest BCUT2D eigenvalue weighted by Gasteiger charge is 2.30. The number of nitrogens with one attached hydrogen (secondary N) is 1. The van der Waals surface area contributed by atoms with Crippen molar-refractivity contribution in [3.8, 4) is 11.4 Å². The maximum Gasteiger partial charge on any atom is 0.157 e. The van der Waals surface area contributed by atoms with E-state index in [9.17, 15) is 0 Å². The summed E-state index contributed by atoms with van der Waals surface area (Å²) in [5.74, 6) is 1.74. The minimum atomic E-state index is -0.0374. The highest BCUT2D eigenvalue weighted by atomic mass is 16.5. The van der Waals surface area contributed by atoms with E-state index in [2.05, 4.69) is 39.0 Å². The Kier molecular flexibility index (Phi) is 4.99. The summed E-state index contributed by atoms with van der Waals surface area (Å²) in [6, 6.07) is 10.3. The lowest BCUT2D eigenvalue weighted by Crippen LogP contribution is -2.42. The maximum atomic E-state index is 6.06. The molecule has 1 N–H and O–H groups in total. The number of hydrogen-bond acceptors (Lipinski definition) is 5. The number of nitrogens with zero attached hydrogens (tertiary/aromatic N) is 4. The van der Waals surface area contributed by atoms with Crippen molar-refractivity contribution in [3.63, 3.8) is 0 Å². The smallest absolute Gasteiger partial charge is 0.157 e. The predicted molar refractivity (Wildman–Crippen MR) is 97.3 cm³/mol. The summed E-state index contributed by atoms with van der Waals surface area (Å²) < 4.78 is 15.6. The number of benzene rings is 1. The Bertz CT molecular complexity index is 829. The highest BCUT2D eigenvalue weighted by molar-refractivity contribution is 5.32. The first-order chi connectivity index (χ1) is 12.8. The standard InChI is InChI=1S/C19H23N5O2/c1-2-23-12-16(10-22-23)26-18-14-25-13-17(18)21-11-19-20-8-9-24(19)15-6-4-3-5-7-15/h3-10,12,17-18,21H,2,11,13-14H2,1H3/t17-,18+/m0/s1. The third-order valence-corrected chi connectivity index (χ3v) is 4.52. The van der Waals surface area contributed by atoms with Crippen LogP contribution in [0.5, 0.6) is 5.75 Å². The Morgan fingerprint density at radius 1 is 1.27 bits per heavy atom. The van der Waals surface area contributed by atoms with Gasteiger partial charge >= 0.3 is 0 Å². The van der Waals surface area contributed by atoms with E-state index in [4.69, 9.17) is 9.47 Å². The van der Waals surface area contributed by atoms with Crippen LogP contribution in [0.25, 0.3) is 5.69 Å². The molecule has 3 aromatic rings. The van der Waals surface area contributed by atoms with Crippen LogP contribution < -0.4 is 10.1 Å². The Morgan fingerprint density at radius 2 is 2.15 bits per heavy atom. The molecule has 2 atom stereocenters. The van der Waals surface area contributed by atoms with Crippen molar-refractivity contribution >= 4 is 0 Å². The van der Waals surface area contributed by atoms with Crippen molar-refractivity contribution in [2.45, 2.75) is 32.2 Å². The van der Waals surface area contributed by atoms with Crippen molar-refractivity contribution in [3.05, 3.63) is 60.9 Å². The molecule has 136 valence electrons. The molecule has 0 bridgehead atoms. The number of ether oxygens (including phenoxy) is 2. The lowest BCUT2D eigenvalue weighted by molar-refractivity contribution is 0.139. The molecular weight excluding hydrogens is 330 g/mol. The normalized spacial score (nSPS) is 19.7. The number of aryl methyl sites for hydroxylation is 1. The Hall–Kier alpha value is -2.64. The fourth-order valence-corrected chi connectivity index (χ4v) is 3.11. The Morgan fingerprint density at radius 3 is 2.96 bits per heavy atom. The molecule has 2 aromatic heterocycles. The van der Waals surface area contributed by atoms with Gasteiger partial charge in [0.2, 0.25) is 0 Å². The van der Waals surface area contributed by atoms with Crippen LogP contribution in [0, 0.1) is 0 Å². The molecule has 0 unspecified atom stereocenters. The van der Waals surface area contributed by atoms with E-state index in [-0.39, 0.29) is 12.1 Å². The minimum Gasteiger partial charge on any atom is -0.483 e. The van der Waals surface area contributed by atoms with E-state index in [1.54, 1.807) is 6.20 Å². The molecule has 1 aliphatic rings. The fourth-order valence-electron chi connectivity index (χ4n) is 3.11. The lowest BCUT2D eigenvalue weighted by Gasteiger charge is -2.20. The van der Waals surface area contributed by atoms with Gasteiger partial charge in [-0.05, 0) is 19.1 Å². The molecule has 0 saturated carbocycles. The molecule has 1 aliphatic heterocycles. The van der Waals surface area contributed by atoms with Gasteiger partial charge in [0, 0.05) is 24.6 Å². The third-order valence-electron chi connectivity index (χ3n) is 4.52. The molecule has 0 radical (unpaired) electrons. The maximum absolute atomic E-state index is 6.06. The molecule has 4 rings (SSSR count). The second-order valence-electron chi connectivity index (χ2n) is 6.26. The SMILES string of the molecule is CCn1cc(O[C@@H]2COC[C@@H]2NCc2nccn2-c2ccccc2)cn1. The monoisotopic (exact) mass is 353 g/mol. The summed E-state index contributed by atoms with van der Waals surface area (Å²) in [6.07, 6.45) is 7.43. The molecule has 7 nitrogen and oxygen atoms in total. The summed E-state index contributed by atoms with van der Waals surface area (Å²) in [5.41, 5.74) is 1.10. The second kappa shape index (κ2) is 7.72. The summed E-state index contributed by atoms with van der Waals surface area (Å²) >= 11 is 0. The van der Waals surface area contributed by atoms with Crippen LogP contribution in [-0.2, 0) is 17.8 Å². The van der Waals surface area contributed by atoms with Gasteiger partial charge in [0.05, 0.1) is 38.2 Å². The van der Waals surface area contributed by atoms with E-state index < -0.39 is 0 Å². The molecular formula is C19H23N5O2. The first-order valence-corrected chi connectivity index (χ1v) is 8.91. The van der Waals surface area contributed by atoms with Crippen molar-refractivity contribution in [1.29, 1.82) is 0 Å². The lowest BCUT2D eigenvalue weighted by atomic mass is 10.2. The largest absolute Gasteiger partial charge is 0.483 e. The van der Waals surface area contributed by atoms with Gasteiger partial charge < -0.3 is 19.4 Å². The van der Waals surface area contributed by atoms with Crippen LogP contribution in [0.15, 0.2) is 55.1 Å². The number of rotatable bonds is 7. The van der Waals surface area contributed by atoms with Crippen molar-refractivity contribution in [2.75, 3.05) is 13.2 Å². The zero-order valence-corrected chi connectivity index (χ0v) is 14.8. The van der Waals surface area contributed by atoms with E-state index in [1.807, 2.05) is 41.5 Å². The number of hydrogen-bond donors (Lipinski definition) is 1. The quantitative estimate of drug-likeness (QED) is 0.704. The average Bonchev–Trinajstić information content (AvgIpc) is 3.42. The third kappa shape index (κ3) is 3.63. The second-order valence-corrected chi connectivity index (χ2v) is 6.26. The van der Waals surface area contributed by atoms with Crippen molar-refractivity contribution in [1.82, 2.24) is 24.6 Å². The predicted octanol–water partition coefficient (Wildman–Crippen LogP) is 2.02. The van der Waals surface area contributed by atoms with Gasteiger partial charge in [-0.15, -0.1) is 0 Å². The fraction of sp³-hybridized carbons (Fsp3) is 0.368. The van der Waals surface area contributed by atoms with Gasteiger partial charge in [0.25, 0.3) is 0 Å². The molecule has 1 fully saturated rings. The van der Waals surface area contributed by atoms with Crippen molar-refractivity contribution in [2.24, 2.45) is 0 Å². The van der Waals surface area contributed by atoms with E-state index in [1.165, 1.54) is 0 Å². The summed E-state index contributed by atoms with van der Waals surface area (Å²) in [6.45, 7) is 4.72. The van der Waals surface area contributed by atoms with Crippen LogP contribution in [0.1, 0.15) is 12.7 Å². The first kappa shape index (κ1) is 16.8. The topological polar surface area (TPSA) is 66.1 Å². The van der Waals surface area contributed by atoms with Gasteiger partial charge in [-0.1, -0.05) is 18.2 Å². The summed E-state index contributed by atoms with van der Waals surface area (Å²) in [7, 11) is 0. The van der Waals surface area contributed by atoms with E-state index in [0.717, 1.165) is 23.8 Å².